The van der Waals surface area contributed by atoms with E-state index in [1.165, 1.54) is 0 Å². The summed E-state index contributed by atoms with van der Waals surface area (Å²) in [6.45, 7) is 0.865. The van der Waals surface area contributed by atoms with Crippen LogP contribution < -0.4 is 11.1 Å². The van der Waals surface area contributed by atoms with Gasteiger partial charge in [0.15, 0.2) is 0 Å². The predicted molar refractivity (Wildman–Crippen MR) is 69.9 cm³/mol. The third-order valence-electron chi connectivity index (χ3n) is 1.94. The second kappa shape index (κ2) is 7.26. The van der Waals surface area contributed by atoms with Crippen LogP contribution in [-0.4, -0.2) is 32.8 Å². The Hall–Kier alpha value is -1.11. The van der Waals surface area contributed by atoms with Gasteiger partial charge in [-0.05, 0) is 34.1 Å². The molecule has 0 aliphatic rings. The summed E-state index contributed by atoms with van der Waals surface area (Å²) in [7, 11) is 1.58. The van der Waals surface area contributed by atoms with Gasteiger partial charge in [-0.25, -0.2) is 0 Å². The fourth-order valence-corrected chi connectivity index (χ4v) is 1.37. The maximum atomic E-state index is 11.4. The van der Waals surface area contributed by atoms with E-state index in [0.717, 1.165) is 4.47 Å². The molecule has 0 aliphatic heterocycles. The van der Waals surface area contributed by atoms with Gasteiger partial charge in [-0.3, -0.25) is 4.79 Å². The van der Waals surface area contributed by atoms with Gasteiger partial charge in [0.2, 0.25) is 5.91 Å². The van der Waals surface area contributed by atoms with Crippen molar-refractivity contribution in [2.75, 3.05) is 38.0 Å². The van der Waals surface area contributed by atoms with Crippen molar-refractivity contribution in [2.45, 2.75) is 0 Å². The van der Waals surface area contributed by atoms with Gasteiger partial charge in [0.25, 0.3) is 0 Å². The fraction of sp³-hybridized carbons (Fsp3) is 0.364. The molecule has 1 aromatic rings. The van der Waals surface area contributed by atoms with Crippen LogP contribution in [0.15, 0.2) is 22.7 Å². The molecule has 0 aliphatic carbocycles. The number of nitrogens with two attached hydrogens (primary N) is 1. The van der Waals surface area contributed by atoms with Crippen LogP contribution >= 0.6 is 15.9 Å². The summed E-state index contributed by atoms with van der Waals surface area (Å²) in [4.78, 5) is 11.4. The summed E-state index contributed by atoms with van der Waals surface area (Å²) >= 11 is 3.28. The average molecular weight is 303 g/mol. The molecule has 6 heteroatoms. The number of carbonyl (C=O) groups excluding carboxylic acids is 1. The molecule has 1 amide bonds. The van der Waals surface area contributed by atoms with E-state index < -0.39 is 0 Å². The smallest absolute Gasteiger partial charge is 0.250 e. The number of ether oxygens (including phenoxy) is 2. The van der Waals surface area contributed by atoms with Crippen LogP contribution in [0.5, 0.6) is 0 Å². The van der Waals surface area contributed by atoms with Gasteiger partial charge in [0, 0.05) is 23.0 Å². The molecule has 0 spiro atoms. The van der Waals surface area contributed by atoms with E-state index in [1.807, 2.05) is 0 Å². The number of methoxy groups -OCH3 is 1. The minimum Gasteiger partial charge on any atom is -0.398 e. The Balaban J connectivity index is 2.37. The molecule has 1 rings (SSSR count). The van der Waals surface area contributed by atoms with Crippen molar-refractivity contribution in [1.82, 2.24) is 0 Å². The van der Waals surface area contributed by atoms with Crippen LogP contribution in [0, 0.1) is 0 Å². The molecule has 0 radical (unpaired) electrons. The Morgan fingerprint density at radius 2 is 2.24 bits per heavy atom. The van der Waals surface area contributed by atoms with Gasteiger partial charge in [-0.1, -0.05) is 0 Å². The van der Waals surface area contributed by atoms with Crippen LogP contribution in [-0.2, 0) is 14.3 Å². The average Bonchev–Trinajstić information content (AvgIpc) is 2.30. The number of hydrogen-bond donors (Lipinski definition) is 2. The van der Waals surface area contributed by atoms with E-state index >= 15 is 0 Å². The maximum Gasteiger partial charge on any atom is 0.250 e. The second-order valence-electron chi connectivity index (χ2n) is 3.33. The number of benzene rings is 1. The van der Waals surface area contributed by atoms with Crippen molar-refractivity contribution in [3.63, 3.8) is 0 Å². The number of nitrogens with one attached hydrogen (secondary N) is 1. The topological polar surface area (TPSA) is 73.6 Å². The fourth-order valence-electron chi connectivity index (χ4n) is 1.13. The molecule has 5 nitrogen and oxygen atoms in total. The molecule has 17 heavy (non-hydrogen) atoms. The van der Waals surface area contributed by atoms with E-state index in [-0.39, 0.29) is 12.5 Å². The Morgan fingerprint density at radius 1 is 1.47 bits per heavy atom. The van der Waals surface area contributed by atoms with Gasteiger partial charge >= 0.3 is 0 Å². The molecule has 0 heterocycles. The molecular formula is C11H15BrN2O3. The van der Waals surface area contributed by atoms with Crippen molar-refractivity contribution < 1.29 is 14.3 Å². The Kier molecular flexibility index (Phi) is 5.96. The lowest BCUT2D eigenvalue weighted by Gasteiger charge is -2.07. The molecule has 1 aromatic carbocycles. The van der Waals surface area contributed by atoms with Crippen molar-refractivity contribution in [3.8, 4) is 0 Å². The first-order chi connectivity index (χ1) is 8.13. The molecule has 3 N–H and O–H groups in total. The molecule has 94 valence electrons. The minimum absolute atomic E-state index is 0.000666. The molecule has 0 aromatic heterocycles. The van der Waals surface area contributed by atoms with Gasteiger partial charge in [-0.2, -0.15) is 0 Å². The highest BCUT2D eigenvalue weighted by Gasteiger charge is 2.03. The van der Waals surface area contributed by atoms with E-state index in [2.05, 4.69) is 21.2 Å². The number of rotatable bonds is 6. The SMILES string of the molecule is COCCOCC(=O)Nc1ccc(Br)c(N)c1. The van der Waals surface area contributed by atoms with Gasteiger partial charge in [0.1, 0.15) is 6.61 Å². The quantitative estimate of drug-likeness (QED) is 0.619. The van der Waals surface area contributed by atoms with Crippen molar-refractivity contribution in [1.29, 1.82) is 0 Å². The van der Waals surface area contributed by atoms with Crippen LogP contribution in [0.1, 0.15) is 0 Å². The summed E-state index contributed by atoms with van der Waals surface area (Å²) in [6.07, 6.45) is 0. The minimum atomic E-state index is -0.220. The zero-order chi connectivity index (χ0) is 12.7. The highest BCUT2D eigenvalue weighted by Crippen LogP contribution is 2.22. The molecule has 0 saturated heterocycles. The maximum absolute atomic E-state index is 11.4. The summed E-state index contributed by atoms with van der Waals surface area (Å²) in [5.41, 5.74) is 6.91. The number of halogens is 1. The van der Waals surface area contributed by atoms with Crippen molar-refractivity contribution >= 4 is 33.2 Å². The lowest BCUT2D eigenvalue weighted by atomic mass is 10.3. The first-order valence-electron chi connectivity index (χ1n) is 5.05. The number of nitrogen functional groups attached to an aromatic ring is 1. The zero-order valence-electron chi connectivity index (χ0n) is 9.53. The lowest BCUT2D eigenvalue weighted by Crippen LogP contribution is -2.19. The van der Waals surface area contributed by atoms with Gasteiger partial charge in [-0.15, -0.1) is 0 Å². The number of amides is 1. The Bertz CT molecular complexity index is 385. The third kappa shape index (κ3) is 5.16. The summed E-state index contributed by atoms with van der Waals surface area (Å²) in [5, 5.41) is 2.68. The Morgan fingerprint density at radius 3 is 2.88 bits per heavy atom. The monoisotopic (exact) mass is 302 g/mol. The number of hydrogen-bond acceptors (Lipinski definition) is 4. The van der Waals surface area contributed by atoms with Crippen LogP contribution in [0.3, 0.4) is 0 Å². The van der Waals surface area contributed by atoms with Crippen LogP contribution in [0.4, 0.5) is 11.4 Å². The summed E-state index contributed by atoms with van der Waals surface area (Å²) in [5.74, 6) is -0.220. The third-order valence-corrected chi connectivity index (χ3v) is 2.67. The first-order valence-corrected chi connectivity index (χ1v) is 5.84. The van der Waals surface area contributed by atoms with E-state index in [1.54, 1.807) is 25.3 Å². The number of anilines is 2. The summed E-state index contributed by atoms with van der Waals surface area (Å²) < 4.78 is 10.7. The van der Waals surface area contributed by atoms with Crippen molar-refractivity contribution in [3.05, 3.63) is 22.7 Å². The van der Waals surface area contributed by atoms with E-state index in [9.17, 15) is 4.79 Å². The van der Waals surface area contributed by atoms with Crippen LogP contribution in [0.2, 0.25) is 0 Å². The van der Waals surface area contributed by atoms with Gasteiger partial charge in [0.05, 0.1) is 13.2 Å². The first kappa shape index (κ1) is 14.0. The molecular weight excluding hydrogens is 288 g/mol. The van der Waals surface area contributed by atoms with Crippen LogP contribution in [0.25, 0.3) is 0 Å². The van der Waals surface area contributed by atoms with Crippen molar-refractivity contribution in [2.24, 2.45) is 0 Å². The summed E-state index contributed by atoms with van der Waals surface area (Å²) in [6, 6.07) is 5.21. The highest BCUT2D eigenvalue weighted by atomic mass is 79.9. The highest BCUT2D eigenvalue weighted by molar-refractivity contribution is 9.10. The van der Waals surface area contributed by atoms with E-state index in [4.69, 9.17) is 15.2 Å². The molecule has 0 saturated carbocycles. The molecule has 0 unspecified atom stereocenters. The largest absolute Gasteiger partial charge is 0.398 e. The Labute approximate surface area is 108 Å². The molecule has 0 atom stereocenters. The molecule has 0 fully saturated rings. The predicted octanol–water partition coefficient (Wildman–Crippen LogP) is 1.63. The standard InChI is InChI=1S/C11H15BrN2O3/c1-16-4-5-17-7-11(15)14-8-2-3-9(12)10(13)6-8/h2-3,6H,4-5,7,13H2,1H3,(H,14,15). The van der Waals surface area contributed by atoms with E-state index in [0.29, 0.717) is 24.6 Å². The zero-order valence-corrected chi connectivity index (χ0v) is 11.1. The number of carbonyl (C=O) groups is 1. The second-order valence-corrected chi connectivity index (χ2v) is 4.18. The lowest BCUT2D eigenvalue weighted by molar-refractivity contribution is -0.121. The normalized spacial score (nSPS) is 10.2. The van der Waals surface area contributed by atoms with Gasteiger partial charge < -0.3 is 20.5 Å². The molecule has 0 bridgehead atoms.